The number of fused-ring (bicyclic) bond motifs is 1. The van der Waals surface area contributed by atoms with Crippen molar-refractivity contribution in [3.8, 4) is 17.3 Å². The monoisotopic (exact) mass is 424 g/mol. The van der Waals surface area contributed by atoms with Crippen molar-refractivity contribution in [2.75, 3.05) is 5.32 Å². The van der Waals surface area contributed by atoms with Crippen LogP contribution >= 0.6 is 0 Å². The Morgan fingerprint density at radius 3 is 2.50 bits per heavy atom. The summed E-state index contributed by atoms with van der Waals surface area (Å²) in [6.45, 7) is 4.30. The van der Waals surface area contributed by atoms with E-state index in [9.17, 15) is 4.79 Å². The van der Waals surface area contributed by atoms with Crippen LogP contribution in [-0.4, -0.2) is 30.6 Å². The molecule has 0 aliphatic rings. The fourth-order valence-electron chi connectivity index (χ4n) is 3.33. The molecule has 2 aromatic carbocycles. The Kier molecular flexibility index (Phi) is 4.95. The minimum absolute atomic E-state index is 0.292. The van der Waals surface area contributed by atoms with Gasteiger partial charge in [-0.05, 0) is 60.0 Å². The lowest BCUT2D eigenvalue weighted by atomic mass is 10.0. The third-order valence-corrected chi connectivity index (χ3v) is 5.12. The van der Waals surface area contributed by atoms with E-state index in [0.29, 0.717) is 29.0 Å². The van der Waals surface area contributed by atoms with Crippen molar-refractivity contribution in [1.82, 2.24) is 24.7 Å². The topological polar surface area (TPSA) is 98.7 Å². The molecule has 3 heterocycles. The first-order valence-electron chi connectivity index (χ1n) is 10.2. The van der Waals surface area contributed by atoms with Crippen molar-refractivity contribution >= 4 is 22.7 Å². The van der Waals surface area contributed by atoms with Crippen LogP contribution in [0.5, 0.6) is 0 Å². The van der Waals surface area contributed by atoms with Crippen LogP contribution in [0.3, 0.4) is 0 Å². The third kappa shape index (κ3) is 3.85. The average Bonchev–Trinajstić information content (AvgIpc) is 3.49. The second-order valence-corrected chi connectivity index (χ2v) is 7.68. The largest absolute Gasteiger partial charge is 0.436 e. The second kappa shape index (κ2) is 8.07. The summed E-state index contributed by atoms with van der Waals surface area (Å²) in [5.41, 5.74) is 4.58. The van der Waals surface area contributed by atoms with Crippen LogP contribution < -0.4 is 5.32 Å². The molecule has 0 saturated carbocycles. The van der Waals surface area contributed by atoms with E-state index in [4.69, 9.17) is 4.42 Å². The summed E-state index contributed by atoms with van der Waals surface area (Å²) in [5.74, 6) is 1.22. The molecule has 0 aliphatic carbocycles. The second-order valence-electron chi connectivity index (χ2n) is 7.68. The number of oxazole rings is 1. The zero-order valence-electron chi connectivity index (χ0n) is 17.6. The minimum atomic E-state index is -0.309. The van der Waals surface area contributed by atoms with Crippen LogP contribution in [0, 0.1) is 0 Å². The van der Waals surface area contributed by atoms with E-state index in [2.05, 4.69) is 51.5 Å². The van der Waals surface area contributed by atoms with E-state index in [1.165, 1.54) is 18.2 Å². The number of nitrogens with zero attached hydrogens (tertiary/aromatic N) is 5. The fourth-order valence-corrected chi connectivity index (χ4v) is 3.33. The maximum atomic E-state index is 12.7. The lowest BCUT2D eigenvalue weighted by Crippen LogP contribution is -2.14. The Morgan fingerprint density at radius 1 is 0.969 bits per heavy atom. The van der Waals surface area contributed by atoms with Gasteiger partial charge in [0, 0.05) is 11.3 Å². The van der Waals surface area contributed by atoms with E-state index in [-0.39, 0.29) is 5.91 Å². The molecule has 8 nitrogen and oxygen atoms in total. The number of rotatable bonds is 5. The summed E-state index contributed by atoms with van der Waals surface area (Å²) in [6, 6.07) is 18.6. The molecular weight excluding hydrogens is 404 g/mol. The highest BCUT2D eigenvalue weighted by Crippen LogP contribution is 2.27. The molecule has 0 fully saturated rings. The highest BCUT2D eigenvalue weighted by molar-refractivity contribution is 6.03. The number of carbonyl (C=O) groups is 1. The summed E-state index contributed by atoms with van der Waals surface area (Å²) in [6.07, 6.45) is 3.05. The van der Waals surface area contributed by atoms with Gasteiger partial charge in [0.2, 0.25) is 5.89 Å². The molecule has 158 valence electrons. The van der Waals surface area contributed by atoms with Crippen LogP contribution in [0.15, 0.2) is 77.7 Å². The lowest BCUT2D eigenvalue weighted by molar-refractivity contribution is 0.102. The number of anilines is 1. The molecule has 0 unspecified atom stereocenters. The highest BCUT2D eigenvalue weighted by atomic mass is 16.3. The standard InChI is InChI=1S/C24H20N6O2/c1-15(2)17-8-11-21-20(12-17)29-24(32-21)16-6-9-18(10-7-16)27-23(31)19-4-3-5-22(28-19)30-13-25-26-14-30/h3-15H,1-2H3,(H,27,31). The predicted octanol–water partition coefficient (Wildman–Crippen LogP) is 4.85. The van der Waals surface area contributed by atoms with Gasteiger partial charge >= 0.3 is 0 Å². The number of nitrogens with one attached hydrogen (secondary N) is 1. The van der Waals surface area contributed by atoms with Crippen molar-refractivity contribution in [3.63, 3.8) is 0 Å². The van der Waals surface area contributed by atoms with Crippen LogP contribution in [0.4, 0.5) is 5.69 Å². The van der Waals surface area contributed by atoms with Crippen LogP contribution in [-0.2, 0) is 0 Å². The number of hydrogen-bond acceptors (Lipinski definition) is 6. The van der Waals surface area contributed by atoms with Crippen molar-refractivity contribution in [3.05, 3.63) is 84.6 Å². The van der Waals surface area contributed by atoms with Gasteiger partial charge in [-0.2, -0.15) is 0 Å². The molecule has 0 saturated heterocycles. The first kappa shape index (κ1) is 19.6. The van der Waals surface area contributed by atoms with Crippen molar-refractivity contribution < 1.29 is 9.21 Å². The van der Waals surface area contributed by atoms with Gasteiger partial charge < -0.3 is 9.73 Å². The predicted molar refractivity (Wildman–Crippen MR) is 121 cm³/mol. The zero-order valence-corrected chi connectivity index (χ0v) is 17.6. The molecule has 0 bridgehead atoms. The molecule has 1 N–H and O–H groups in total. The highest BCUT2D eigenvalue weighted by Gasteiger charge is 2.12. The Morgan fingerprint density at radius 2 is 1.75 bits per heavy atom. The zero-order chi connectivity index (χ0) is 22.1. The molecule has 32 heavy (non-hydrogen) atoms. The number of aromatic nitrogens is 5. The van der Waals surface area contributed by atoms with Crippen LogP contribution in [0.2, 0.25) is 0 Å². The quantitative estimate of drug-likeness (QED) is 0.433. The number of benzene rings is 2. The summed E-state index contributed by atoms with van der Waals surface area (Å²) < 4.78 is 7.54. The Labute approximate surface area is 184 Å². The van der Waals surface area contributed by atoms with E-state index in [1.54, 1.807) is 22.8 Å². The normalized spacial score (nSPS) is 11.2. The molecular formula is C24H20N6O2. The van der Waals surface area contributed by atoms with Crippen LogP contribution in [0.25, 0.3) is 28.4 Å². The van der Waals surface area contributed by atoms with E-state index in [1.807, 2.05) is 30.3 Å². The molecule has 0 spiro atoms. The molecule has 5 aromatic rings. The summed E-state index contributed by atoms with van der Waals surface area (Å²) in [4.78, 5) is 21.6. The maximum absolute atomic E-state index is 12.7. The van der Waals surface area contributed by atoms with Gasteiger partial charge in [-0.15, -0.1) is 10.2 Å². The summed E-state index contributed by atoms with van der Waals surface area (Å²) in [7, 11) is 0. The minimum Gasteiger partial charge on any atom is -0.436 e. The number of pyridine rings is 1. The van der Waals surface area contributed by atoms with Gasteiger partial charge in [-0.3, -0.25) is 9.36 Å². The van der Waals surface area contributed by atoms with Gasteiger partial charge in [-0.25, -0.2) is 9.97 Å². The van der Waals surface area contributed by atoms with Gasteiger partial charge in [0.15, 0.2) is 5.58 Å². The SMILES string of the molecule is CC(C)c1ccc2oc(-c3ccc(NC(=O)c4cccc(-n5cnnc5)n4)cc3)nc2c1. The average molecular weight is 424 g/mol. The van der Waals surface area contributed by atoms with Crippen LogP contribution in [0.1, 0.15) is 35.8 Å². The Hall–Kier alpha value is -4.33. The van der Waals surface area contributed by atoms with Gasteiger partial charge in [-0.1, -0.05) is 26.0 Å². The molecule has 8 heteroatoms. The molecule has 1 amide bonds. The van der Waals surface area contributed by atoms with Crippen molar-refractivity contribution in [2.45, 2.75) is 19.8 Å². The summed E-state index contributed by atoms with van der Waals surface area (Å²) in [5, 5.41) is 10.4. The lowest BCUT2D eigenvalue weighted by Gasteiger charge is -2.07. The van der Waals surface area contributed by atoms with Crippen molar-refractivity contribution in [2.24, 2.45) is 0 Å². The Bertz CT molecular complexity index is 1390. The smallest absolute Gasteiger partial charge is 0.274 e. The molecule has 0 atom stereocenters. The number of carbonyl (C=O) groups excluding carboxylic acids is 1. The van der Waals surface area contributed by atoms with Gasteiger partial charge in [0.05, 0.1) is 0 Å². The molecule has 0 aliphatic heterocycles. The Balaban J connectivity index is 1.33. The first-order valence-corrected chi connectivity index (χ1v) is 10.2. The van der Waals surface area contributed by atoms with Gasteiger partial charge in [0.25, 0.3) is 5.91 Å². The van der Waals surface area contributed by atoms with E-state index < -0.39 is 0 Å². The molecule has 3 aromatic heterocycles. The van der Waals surface area contributed by atoms with E-state index in [0.717, 1.165) is 16.7 Å². The maximum Gasteiger partial charge on any atom is 0.274 e. The number of hydrogen-bond donors (Lipinski definition) is 1. The number of amides is 1. The molecule has 0 radical (unpaired) electrons. The molecule has 5 rings (SSSR count). The fraction of sp³-hybridized carbons (Fsp3) is 0.125. The van der Waals surface area contributed by atoms with E-state index >= 15 is 0 Å². The summed E-state index contributed by atoms with van der Waals surface area (Å²) >= 11 is 0. The van der Waals surface area contributed by atoms with Gasteiger partial charge in [0.1, 0.15) is 29.7 Å². The first-order chi connectivity index (χ1) is 15.6. The third-order valence-electron chi connectivity index (χ3n) is 5.12. The van der Waals surface area contributed by atoms with Crippen molar-refractivity contribution in [1.29, 1.82) is 0 Å².